The maximum Gasteiger partial charge on any atom is 0.220 e. The lowest BCUT2D eigenvalue weighted by atomic mass is 10.1. The molecule has 1 unspecified atom stereocenters. The van der Waals surface area contributed by atoms with Crippen LogP contribution in [-0.2, 0) is 20.7 Å². The van der Waals surface area contributed by atoms with E-state index >= 15 is 0 Å². The molecule has 106 valence electrons. The van der Waals surface area contributed by atoms with Crippen LogP contribution in [0.15, 0.2) is 24.3 Å². The summed E-state index contributed by atoms with van der Waals surface area (Å²) in [7, 11) is 3.20. The third-order valence-corrected chi connectivity index (χ3v) is 2.89. The van der Waals surface area contributed by atoms with Crippen molar-refractivity contribution in [2.24, 2.45) is 0 Å². The van der Waals surface area contributed by atoms with E-state index in [9.17, 15) is 4.79 Å². The third kappa shape index (κ3) is 5.72. The maximum atomic E-state index is 11.7. The molecule has 3 N–H and O–H groups in total. The monoisotopic (exact) mass is 266 g/mol. The molecule has 0 aliphatic rings. The first-order valence-corrected chi connectivity index (χ1v) is 6.29. The number of rotatable bonds is 8. The Kier molecular flexibility index (Phi) is 6.92. The number of amides is 1. The average Bonchev–Trinajstić information content (AvgIpc) is 2.42. The molecular weight excluding hydrogens is 244 g/mol. The van der Waals surface area contributed by atoms with Crippen LogP contribution in [0.1, 0.15) is 12.0 Å². The third-order valence-electron chi connectivity index (χ3n) is 2.89. The lowest BCUT2D eigenvalue weighted by molar-refractivity contribution is -0.121. The van der Waals surface area contributed by atoms with E-state index in [2.05, 4.69) is 5.32 Å². The Labute approximate surface area is 114 Å². The zero-order chi connectivity index (χ0) is 14.1. The molecule has 1 rings (SSSR count). The van der Waals surface area contributed by atoms with Crippen LogP contribution in [0.4, 0.5) is 5.69 Å². The van der Waals surface area contributed by atoms with Crippen molar-refractivity contribution >= 4 is 11.6 Å². The SMILES string of the molecule is COCC(CNC(=O)CCc1ccccc1N)OC. The predicted octanol–water partition coefficient (Wildman–Crippen LogP) is 0.979. The van der Waals surface area contributed by atoms with Crippen molar-refractivity contribution in [3.8, 4) is 0 Å². The molecule has 0 saturated carbocycles. The van der Waals surface area contributed by atoms with Crippen LogP contribution in [0.3, 0.4) is 0 Å². The van der Waals surface area contributed by atoms with Gasteiger partial charge in [-0.2, -0.15) is 0 Å². The fraction of sp³-hybridized carbons (Fsp3) is 0.500. The van der Waals surface area contributed by atoms with Gasteiger partial charge in [0, 0.05) is 32.9 Å². The Morgan fingerprint density at radius 2 is 2.11 bits per heavy atom. The topological polar surface area (TPSA) is 73.6 Å². The molecule has 0 aliphatic carbocycles. The van der Waals surface area contributed by atoms with Gasteiger partial charge in [-0.15, -0.1) is 0 Å². The van der Waals surface area contributed by atoms with Gasteiger partial charge >= 0.3 is 0 Å². The average molecular weight is 266 g/mol. The van der Waals surface area contributed by atoms with Crippen LogP contribution in [-0.4, -0.2) is 39.4 Å². The molecule has 1 aromatic rings. The normalized spacial score (nSPS) is 12.1. The van der Waals surface area contributed by atoms with Crippen molar-refractivity contribution in [3.05, 3.63) is 29.8 Å². The van der Waals surface area contributed by atoms with E-state index in [0.717, 1.165) is 11.3 Å². The molecule has 0 aliphatic heterocycles. The Balaban J connectivity index is 2.30. The number of nitrogen functional groups attached to an aromatic ring is 1. The summed E-state index contributed by atoms with van der Waals surface area (Å²) in [5.74, 6) is -0.0126. The number of aryl methyl sites for hydroxylation is 1. The summed E-state index contributed by atoms with van der Waals surface area (Å²) in [5, 5.41) is 2.82. The minimum atomic E-state index is -0.115. The smallest absolute Gasteiger partial charge is 0.220 e. The second-order valence-electron chi connectivity index (χ2n) is 4.32. The van der Waals surface area contributed by atoms with Gasteiger partial charge in [0.1, 0.15) is 0 Å². The number of ether oxygens (including phenoxy) is 2. The number of nitrogens with one attached hydrogen (secondary N) is 1. The minimum Gasteiger partial charge on any atom is -0.399 e. The van der Waals surface area contributed by atoms with E-state index in [0.29, 0.717) is 26.0 Å². The van der Waals surface area contributed by atoms with Gasteiger partial charge in [-0.3, -0.25) is 4.79 Å². The molecule has 0 radical (unpaired) electrons. The first-order chi connectivity index (χ1) is 9.17. The molecule has 5 nitrogen and oxygen atoms in total. The number of carbonyl (C=O) groups excluding carboxylic acids is 1. The lowest BCUT2D eigenvalue weighted by Crippen LogP contribution is -2.35. The summed E-state index contributed by atoms with van der Waals surface area (Å²) in [6, 6.07) is 7.58. The highest BCUT2D eigenvalue weighted by Crippen LogP contribution is 2.12. The zero-order valence-corrected chi connectivity index (χ0v) is 11.5. The van der Waals surface area contributed by atoms with Gasteiger partial charge < -0.3 is 20.5 Å². The van der Waals surface area contributed by atoms with Crippen LogP contribution in [0.25, 0.3) is 0 Å². The Bertz CT molecular complexity index is 396. The van der Waals surface area contributed by atoms with E-state index in [4.69, 9.17) is 15.2 Å². The lowest BCUT2D eigenvalue weighted by Gasteiger charge is -2.15. The second-order valence-corrected chi connectivity index (χ2v) is 4.32. The van der Waals surface area contributed by atoms with Crippen molar-refractivity contribution < 1.29 is 14.3 Å². The highest BCUT2D eigenvalue weighted by molar-refractivity contribution is 5.76. The summed E-state index contributed by atoms with van der Waals surface area (Å²) < 4.78 is 10.1. The molecule has 0 spiro atoms. The number of anilines is 1. The maximum absolute atomic E-state index is 11.7. The first kappa shape index (κ1) is 15.5. The number of hydrogen-bond acceptors (Lipinski definition) is 4. The molecule has 5 heteroatoms. The second kappa shape index (κ2) is 8.50. The molecule has 1 atom stereocenters. The number of carbonyl (C=O) groups is 1. The predicted molar refractivity (Wildman–Crippen MR) is 74.9 cm³/mol. The van der Waals surface area contributed by atoms with Crippen molar-refractivity contribution in [2.45, 2.75) is 18.9 Å². The standard InChI is InChI=1S/C14H22N2O3/c1-18-10-12(19-2)9-16-14(17)8-7-11-5-3-4-6-13(11)15/h3-6,12H,7-10,15H2,1-2H3,(H,16,17). The van der Waals surface area contributed by atoms with Crippen molar-refractivity contribution in [2.75, 3.05) is 33.1 Å². The molecular formula is C14H22N2O3. The Morgan fingerprint density at radius 1 is 1.37 bits per heavy atom. The number of nitrogens with two attached hydrogens (primary N) is 1. The molecule has 0 aromatic heterocycles. The number of para-hydroxylation sites is 1. The van der Waals surface area contributed by atoms with Crippen LogP contribution < -0.4 is 11.1 Å². The number of benzene rings is 1. The molecule has 0 saturated heterocycles. The number of methoxy groups -OCH3 is 2. The molecule has 0 fully saturated rings. The van der Waals surface area contributed by atoms with E-state index in [1.54, 1.807) is 14.2 Å². The van der Waals surface area contributed by atoms with E-state index in [1.807, 2.05) is 24.3 Å². The summed E-state index contributed by atoms with van der Waals surface area (Å²) in [5.41, 5.74) is 7.55. The van der Waals surface area contributed by atoms with E-state index < -0.39 is 0 Å². The van der Waals surface area contributed by atoms with Crippen molar-refractivity contribution in [1.82, 2.24) is 5.32 Å². The van der Waals surface area contributed by atoms with Gasteiger partial charge in [0.15, 0.2) is 0 Å². The van der Waals surface area contributed by atoms with E-state index in [-0.39, 0.29) is 12.0 Å². The van der Waals surface area contributed by atoms with Crippen LogP contribution in [0.5, 0.6) is 0 Å². The Hall–Kier alpha value is -1.59. The molecule has 1 aromatic carbocycles. The van der Waals surface area contributed by atoms with Crippen LogP contribution >= 0.6 is 0 Å². The fourth-order valence-electron chi connectivity index (χ4n) is 1.72. The largest absolute Gasteiger partial charge is 0.399 e. The molecule has 0 bridgehead atoms. The first-order valence-electron chi connectivity index (χ1n) is 6.29. The van der Waals surface area contributed by atoms with Crippen molar-refractivity contribution in [1.29, 1.82) is 0 Å². The number of hydrogen-bond donors (Lipinski definition) is 2. The van der Waals surface area contributed by atoms with E-state index in [1.165, 1.54) is 0 Å². The highest BCUT2D eigenvalue weighted by atomic mass is 16.5. The fourth-order valence-corrected chi connectivity index (χ4v) is 1.72. The summed E-state index contributed by atoms with van der Waals surface area (Å²) in [6.07, 6.45) is 0.939. The zero-order valence-electron chi connectivity index (χ0n) is 11.5. The minimum absolute atomic E-state index is 0.0126. The van der Waals surface area contributed by atoms with Crippen LogP contribution in [0.2, 0.25) is 0 Å². The summed E-state index contributed by atoms with van der Waals surface area (Å²) in [6.45, 7) is 0.913. The molecule has 0 heterocycles. The van der Waals surface area contributed by atoms with Crippen molar-refractivity contribution in [3.63, 3.8) is 0 Å². The van der Waals surface area contributed by atoms with Gasteiger partial charge in [-0.1, -0.05) is 18.2 Å². The molecule has 1 amide bonds. The van der Waals surface area contributed by atoms with Gasteiger partial charge in [0.25, 0.3) is 0 Å². The van der Waals surface area contributed by atoms with Gasteiger partial charge in [0.2, 0.25) is 5.91 Å². The quantitative estimate of drug-likeness (QED) is 0.688. The Morgan fingerprint density at radius 3 is 2.74 bits per heavy atom. The van der Waals surface area contributed by atoms with Gasteiger partial charge in [-0.25, -0.2) is 0 Å². The molecule has 19 heavy (non-hydrogen) atoms. The van der Waals surface area contributed by atoms with Gasteiger partial charge in [0.05, 0.1) is 12.7 Å². The van der Waals surface area contributed by atoms with Gasteiger partial charge in [-0.05, 0) is 18.1 Å². The summed E-state index contributed by atoms with van der Waals surface area (Å²) in [4.78, 5) is 11.7. The van der Waals surface area contributed by atoms with Crippen LogP contribution in [0, 0.1) is 0 Å². The summed E-state index contributed by atoms with van der Waals surface area (Å²) >= 11 is 0. The highest BCUT2D eigenvalue weighted by Gasteiger charge is 2.09.